The molecule has 7 nitrogen and oxygen atoms in total. The topological polar surface area (TPSA) is 110 Å². The lowest BCUT2D eigenvalue weighted by atomic mass is 10.0. The molecule has 2 atom stereocenters. The minimum atomic E-state index is -1.17. The molecule has 0 aromatic heterocycles. The molecule has 2 rings (SSSR count). The minimum absolute atomic E-state index is 0.0424. The molecule has 140 valence electrons. The van der Waals surface area contributed by atoms with Crippen molar-refractivity contribution >= 4 is 40.5 Å². The summed E-state index contributed by atoms with van der Waals surface area (Å²) in [5.41, 5.74) is 6.19. The van der Waals surface area contributed by atoms with Gasteiger partial charge in [-0.05, 0) is 18.1 Å². The van der Waals surface area contributed by atoms with E-state index in [0.717, 1.165) is 11.8 Å². The lowest BCUT2D eigenvalue weighted by molar-refractivity contribution is -0.147. The van der Waals surface area contributed by atoms with Crippen LogP contribution < -0.4 is 5.73 Å². The molecular formula is C16H24N2O5S2. The van der Waals surface area contributed by atoms with E-state index in [-0.39, 0.29) is 27.7 Å². The Kier molecular flexibility index (Phi) is 8.54. The van der Waals surface area contributed by atoms with Crippen molar-refractivity contribution in [1.82, 2.24) is 4.90 Å². The first-order valence-corrected chi connectivity index (χ1v) is 10.0. The number of nitrogens with zero attached hydrogens (tertiary/aromatic N) is 1. The van der Waals surface area contributed by atoms with Gasteiger partial charge in [0.15, 0.2) is 5.76 Å². The van der Waals surface area contributed by atoms with Gasteiger partial charge in [0.25, 0.3) is 5.12 Å². The summed E-state index contributed by atoms with van der Waals surface area (Å²) in [6.45, 7) is 5.89. The van der Waals surface area contributed by atoms with Crippen molar-refractivity contribution in [2.24, 2.45) is 5.73 Å². The summed E-state index contributed by atoms with van der Waals surface area (Å²) in [5, 5.41) is 8.82. The van der Waals surface area contributed by atoms with Crippen LogP contribution in [0.25, 0.3) is 0 Å². The van der Waals surface area contributed by atoms with Crippen LogP contribution in [0.1, 0.15) is 27.2 Å². The van der Waals surface area contributed by atoms with E-state index < -0.39 is 17.9 Å². The number of rotatable bonds is 6. The molecule has 2 aliphatic rings. The van der Waals surface area contributed by atoms with Gasteiger partial charge in [0.05, 0.1) is 7.11 Å². The molecule has 1 amide bonds. The second-order valence-electron chi connectivity index (χ2n) is 4.95. The van der Waals surface area contributed by atoms with E-state index in [1.807, 2.05) is 20.8 Å². The number of carboxylic acids is 1. The zero-order chi connectivity index (χ0) is 19.1. The third-order valence-corrected chi connectivity index (χ3v) is 5.80. The first-order valence-electron chi connectivity index (χ1n) is 7.99. The SMILES string of the molecule is CC.CC/C=C(\OC)C(=O)SCC1=C(C(=O)O)N2C(=O)C(N)C2SC1. The van der Waals surface area contributed by atoms with Crippen molar-refractivity contribution in [2.45, 2.75) is 38.6 Å². The van der Waals surface area contributed by atoms with Crippen molar-refractivity contribution in [3.63, 3.8) is 0 Å². The number of hydrogen-bond acceptors (Lipinski definition) is 7. The summed E-state index contributed by atoms with van der Waals surface area (Å²) in [5.74, 6) is -0.682. The maximum atomic E-state index is 12.1. The number of amides is 1. The van der Waals surface area contributed by atoms with Crippen LogP contribution in [0.4, 0.5) is 0 Å². The summed E-state index contributed by atoms with van der Waals surface area (Å²) in [6, 6.07) is -0.655. The number of hydrogen-bond donors (Lipinski definition) is 2. The Hall–Kier alpha value is -1.45. The predicted molar refractivity (Wildman–Crippen MR) is 99.9 cm³/mol. The Morgan fingerprint density at radius 2 is 2.12 bits per heavy atom. The van der Waals surface area contributed by atoms with E-state index in [0.29, 0.717) is 17.7 Å². The molecule has 0 bridgehead atoms. The lowest BCUT2D eigenvalue weighted by Crippen LogP contribution is -2.68. The maximum absolute atomic E-state index is 12.1. The van der Waals surface area contributed by atoms with E-state index in [9.17, 15) is 19.5 Å². The monoisotopic (exact) mass is 388 g/mol. The highest BCUT2D eigenvalue weighted by Gasteiger charge is 2.51. The number of thioether (sulfide) groups is 2. The highest BCUT2D eigenvalue weighted by molar-refractivity contribution is 8.14. The maximum Gasteiger partial charge on any atom is 0.352 e. The average Bonchev–Trinajstić information content (AvgIpc) is 2.63. The summed E-state index contributed by atoms with van der Waals surface area (Å²) in [7, 11) is 1.42. The number of nitrogens with two attached hydrogens (primary N) is 1. The summed E-state index contributed by atoms with van der Waals surface area (Å²) >= 11 is 2.39. The Morgan fingerprint density at radius 3 is 2.64 bits per heavy atom. The molecule has 2 unspecified atom stereocenters. The molecule has 0 aromatic carbocycles. The number of methoxy groups -OCH3 is 1. The predicted octanol–water partition coefficient (Wildman–Crippen LogP) is 1.79. The van der Waals surface area contributed by atoms with Gasteiger partial charge in [-0.15, -0.1) is 11.8 Å². The molecule has 1 saturated heterocycles. The van der Waals surface area contributed by atoms with E-state index in [1.54, 1.807) is 6.08 Å². The van der Waals surface area contributed by atoms with E-state index in [1.165, 1.54) is 23.8 Å². The van der Waals surface area contributed by atoms with Gasteiger partial charge in [-0.3, -0.25) is 14.5 Å². The first kappa shape index (κ1) is 21.6. The quantitative estimate of drug-likeness (QED) is 0.403. The third-order valence-electron chi connectivity index (χ3n) is 3.48. The molecule has 25 heavy (non-hydrogen) atoms. The number of ether oxygens (including phenoxy) is 1. The van der Waals surface area contributed by atoms with E-state index >= 15 is 0 Å². The molecule has 0 radical (unpaired) electrons. The van der Waals surface area contributed by atoms with Gasteiger partial charge in [-0.1, -0.05) is 32.5 Å². The van der Waals surface area contributed by atoms with Crippen LogP contribution >= 0.6 is 23.5 Å². The third kappa shape index (κ3) is 4.59. The Bertz CT molecular complexity index is 603. The summed E-state index contributed by atoms with van der Waals surface area (Å²) in [4.78, 5) is 36.6. The van der Waals surface area contributed by atoms with Crippen LogP contribution in [-0.4, -0.2) is 57.0 Å². The zero-order valence-electron chi connectivity index (χ0n) is 14.8. The Balaban J connectivity index is 0.00000151. The van der Waals surface area contributed by atoms with Gasteiger partial charge in [-0.25, -0.2) is 4.79 Å². The van der Waals surface area contributed by atoms with Crippen LogP contribution in [0, 0.1) is 0 Å². The van der Waals surface area contributed by atoms with Crippen LogP contribution in [0.3, 0.4) is 0 Å². The fraction of sp³-hybridized carbons (Fsp3) is 0.562. The van der Waals surface area contributed by atoms with Gasteiger partial charge in [0, 0.05) is 11.5 Å². The second-order valence-corrected chi connectivity index (χ2v) is 7.00. The molecule has 2 heterocycles. The molecule has 0 aromatic rings. The minimum Gasteiger partial charge on any atom is -0.492 e. The molecule has 1 fully saturated rings. The smallest absolute Gasteiger partial charge is 0.352 e. The fourth-order valence-electron chi connectivity index (χ4n) is 2.35. The fourth-order valence-corrected chi connectivity index (χ4v) is 4.63. The summed E-state index contributed by atoms with van der Waals surface area (Å²) in [6.07, 6.45) is 2.34. The van der Waals surface area contributed by atoms with Crippen LogP contribution in [0.2, 0.25) is 0 Å². The molecule has 2 aliphatic heterocycles. The normalized spacial score (nSPS) is 22.5. The van der Waals surface area contributed by atoms with E-state index in [2.05, 4.69) is 0 Å². The Labute approximate surface area is 156 Å². The largest absolute Gasteiger partial charge is 0.492 e. The highest BCUT2D eigenvalue weighted by atomic mass is 32.2. The van der Waals surface area contributed by atoms with Gasteiger partial charge >= 0.3 is 5.97 Å². The first-order chi connectivity index (χ1) is 11.9. The summed E-state index contributed by atoms with van der Waals surface area (Å²) < 4.78 is 5.02. The van der Waals surface area contributed by atoms with Gasteiger partial charge in [0.1, 0.15) is 17.1 Å². The van der Waals surface area contributed by atoms with Gasteiger partial charge < -0.3 is 15.6 Å². The number of β-lactam (4-membered cyclic amide) rings is 1. The molecular weight excluding hydrogens is 364 g/mol. The van der Waals surface area contributed by atoms with Crippen LogP contribution in [0.5, 0.6) is 0 Å². The van der Waals surface area contributed by atoms with Crippen molar-refractivity contribution < 1.29 is 24.2 Å². The highest BCUT2D eigenvalue weighted by Crippen LogP contribution is 2.40. The van der Waals surface area contributed by atoms with Crippen molar-refractivity contribution in [3.8, 4) is 0 Å². The Morgan fingerprint density at radius 1 is 1.48 bits per heavy atom. The zero-order valence-corrected chi connectivity index (χ0v) is 16.4. The van der Waals surface area contributed by atoms with Gasteiger partial charge in [0.2, 0.25) is 5.91 Å². The number of carboxylic acid groups (broad SMARTS) is 1. The van der Waals surface area contributed by atoms with Crippen molar-refractivity contribution in [2.75, 3.05) is 18.6 Å². The lowest BCUT2D eigenvalue weighted by Gasteiger charge is -2.48. The van der Waals surface area contributed by atoms with Crippen LogP contribution in [-0.2, 0) is 19.1 Å². The number of carbonyl (C=O) groups is 3. The molecule has 0 saturated carbocycles. The molecule has 9 heteroatoms. The number of aliphatic carboxylic acids is 1. The van der Waals surface area contributed by atoms with Crippen LogP contribution in [0.15, 0.2) is 23.1 Å². The number of carbonyl (C=O) groups excluding carboxylic acids is 2. The average molecular weight is 389 g/mol. The number of fused-ring (bicyclic) bond motifs is 1. The van der Waals surface area contributed by atoms with Crippen molar-refractivity contribution in [1.29, 1.82) is 0 Å². The molecule has 3 N–H and O–H groups in total. The number of allylic oxidation sites excluding steroid dienone is 1. The molecule has 0 aliphatic carbocycles. The van der Waals surface area contributed by atoms with Gasteiger partial charge in [-0.2, -0.15) is 0 Å². The van der Waals surface area contributed by atoms with Crippen molar-refractivity contribution in [3.05, 3.63) is 23.1 Å². The second kappa shape index (κ2) is 9.88. The van der Waals surface area contributed by atoms with E-state index in [4.69, 9.17) is 10.5 Å². The standard InChI is InChI=1S/C14H18N2O5S2.C2H6/c1-3-4-8(21-2)14(20)23-6-7-5-22-12-9(15)11(17)16(12)10(7)13(18)19;1-2/h4,9,12H,3,5-6,15H2,1-2H3,(H,18,19);1-2H3/b8-4-;. The molecule has 0 spiro atoms.